The van der Waals surface area contributed by atoms with Gasteiger partial charge in [-0.1, -0.05) is 6.07 Å². The summed E-state index contributed by atoms with van der Waals surface area (Å²) in [6.07, 6.45) is 3.13. The Morgan fingerprint density at radius 3 is 2.79 bits per heavy atom. The van der Waals surface area contributed by atoms with E-state index >= 15 is 0 Å². The van der Waals surface area contributed by atoms with Crippen LogP contribution in [0, 0.1) is 0 Å². The summed E-state index contributed by atoms with van der Waals surface area (Å²) in [7, 11) is 0. The number of hydrogen-bond acceptors (Lipinski definition) is 4. The molecule has 1 aromatic rings. The first kappa shape index (κ1) is 15.8. The Hall–Kier alpha value is -1.23. The summed E-state index contributed by atoms with van der Waals surface area (Å²) >= 11 is 3.40. The third kappa shape index (κ3) is 5.96. The van der Waals surface area contributed by atoms with Crippen molar-refractivity contribution < 1.29 is 14.3 Å². The number of rotatable bonds is 8. The molecule has 0 aliphatic carbocycles. The molecule has 5 heteroatoms. The van der Waals surface area contributed by atoms with Gasteiger partial charge in [0.15, 0.2) is 5.75 Å². The third-order valence-electron chi connectivity index (χ3n) is 2.57. The maximum absolute atomic E-state index is 11.1. The van der Waals surface area contributed by atoms with Gasteiger partial charge in [0, 0.05) is 6.42 Å². The first-order valence-corrected chi connectivity index (χ1v) is 7.27. The second kappa shape index (κ2) is 8.80. The summed E-state index contributed by atoms with van der Waals surface area (Å²) in [6, 6.07) is 5.57. The molecule has 0 bridgehead atoms. The van der Waals surface area contributed by atoms with Crippen molar-refractivity contribution in [2.45, 2.75) is 32.6 Å². The van der Waals surface area contributed by atoms with Gasteiger partial charge in [-0.05, 0) is 54.2 Å². The smallest absolute Gasteiger partial charge is 0.305 e. The van der Waals surface area contributed by atoms with Crippen LogP contribution in [0.2, 0.25) is 0 Å². The largest absolute Gasteiger partial charge is 0.490 e. The van der Waals surface area contributed by atoms with Crippen molar-refractivity contribution in [2.24, 2.45) is 0 Å². The number of anilines is 1. The van der Waals surface area contributed by atoms with Gasteiger partial charge in [-0.2, -0.15) is 0 Å². The predicted molar refractivity (Wildman–Crippen MR) is 79.2 cm³/mol. The average Bonchev–Trinajstić information content (AvgIpc) is 2.36. The van der Waals surface area contributed by atoms with Gasteiger partial charge < -0.3 is 15.2 Å². The highest BCUT2D eigenvalue weighted by Crippen LogP contribution is 2.30. The average molecular weight is 330 g/mol. The second-order valence-corrected chi connectivity index (χ2v) is 4.98. The third-order valence-corrected chi connectivity index (χ3v) is 3.20. The van der Waals surface area contributed by atoms with Gasteiger partial charge >= 0.3 is 5.97 Å². The number of carbonyl (C=O) groups is 1. The molecule has 0 aromatic heterocycles. The Kier molecular flexibility index (Phi) is 7.33. The van der Waals surface area contributed by atoms with Crippen molar-refractivity contribution in [1.29, 1.82) is 0 Å². The lowest BCUT2D eigenvalue weighted by atomic mass is 10.2. The minimum atomic E-state index is -0.126. The molecule has 2 N–H and O–H groups in total. The maximum atomic E-state index is 11.1. The van der Waals surface area contributed by atoms with Crippen molar-refractivity contribution in [3.63, 3.8) is 0 Å². The molecule has 106 valence electrons. The van der Waals surface area contributed by atoms with Crippen LogP contribution in [-0.2, 0) is 9.53 Å². The molecule has 0 amide bonds. The highest BCUT2D eigenvalue weighted by atomic mass is 79.9. The fourth-order valence-electron chi connectivity index (χ4n) is 1.63. The van der Waals surface area contributed by atoms with Crippen molar-refractivity contribution in [3.05, 3.63) is 22.7 Å². The fourth-order valence-corrected chi connectivity index (χ4v) is 2.13. The van der Waals surface area contributed by atoms with Crippen molar-refractivity contribution in [3.8, 4) is 5.75 Å². The van der Waals surface area contributed by atoms with Crippen LogP contribution in [0.5, 0.6) is 5.75 Å². The molecule has 19 heavy (non-hydrogen) atoms. The molecule has 0 unspecified atom stereocenters. The van der Waals surface area contributed by atoms with Gasteiger partial charge in [-0.3, -0.25) is 4.79 Å². The van der Waals surface area contributed by atoms with Gasteiger partial charge in [0.1, 0.15) is 0 Å². The summed E-state index contributed by atoms with van der Waals surface area (Å²) < 4.78 is 11.4. The molecular formula is C14H20BrNO3. The summed E-state index contributed by atoms with van der Waals surface area (Å²) in [5, 5.41) is 0. The topological polar surface area (TPSA) is 61.5 Å². The number of halogens is 1. The normalized spacial score (nSPS) is 10.2. The molecule has 0 fully saturated rings. The number of ether oxygens (including phenoxy) is 2. The van der Waals surface area contributed by atoms with Gasteiger partial charge in [0.25, 0.3) is 0 Å². The lowest BCUT2D eigenvalue weighted by Gasteiger charge is -2.10. The fraction of sp³-hybridized carbons (Fsp3) is 0.500. The van der Waals surface area contributed by atoms with E-state index in [9.17, 15) is 4.79 Å². The van der Waals surface area contributed by atoms with Crippen molar-refractivity contribution >= 4 is 27.6 Å². The second-order valence-electron chi connectivity index (χ2n) is 4.12. The molecule has 0 saturated heterocycles. The van der Waals surface area contributed by atoms with Gasteiger partial charge in [0.2, 0.25) is 0 Å². The number of hydrogen-bond donors (Lipinski definition) is 1. The number of para-hydroxylation sites is 1. The predicted octanol–water partition coefficient (Wildman–Crippen LogP) is 3.53. The van der Waals surface area contributed by atoms with E-state index < -0.39 is 0 Å². The Morgan fingerprint density at radius 2 is 2.11 bits per heavy atom. The van der Waals surface area contributed by atoms with Crippen LogP contribution >= 0.6 is 15.9 Å². The quantitative estimate of drug-likeness (QED) is 0.450. The number of unbranched alkanes of at least 4 members (excludes halogenated alkanes) is 2. The number of benzene rings is 1. The molecule has 0 aliphatic heterocycles. The van der Waals surface area contributed by atoms with E-state index in [4.69, 9.17) is 15.2 Å². The highest BCUT2D eigenvalue weighted by Gasteiger charge is 2.05. The summed E-state index contributed by atoms with van der Waals surface area (Å²) in [4.78, 5) is 11.1. The molecular weight excluding hydrogens is 310 g/mol. The molecule has 0 saturated carbocycles. The van der Waals surface area contributed by atoms with Crippen LogP contribution in [0.4, 0.5) is 5.69 Å². The monoisotopic (exact) mass is 329 g/mol. The molecule has 1 rings (SSSR count). The zero-order valence-electron chi connectivity index (χ0n) is 11.2. The Balaban J connectivity index is 2.16. The number of nitrogen functional groups attached to an aromatic ring is 1. The molecule has 0 atom stereocenters. The first-order chi connectivity index (χ1) is 9.15. The zero-order valence-corrected chi connectivity index (χ0v) is 12.7. The van der Waals surface area contributed by atoms with Crippen molar-refractivity contribution in [1.82, 2.24) is 0 Å². The van der Waals surface area contributed by atoms with Gasteiger partial charge in [-0.25, -0.2) is 0 Å². The standard InChI is InChI=1S/C14H20BrNO3/c1-2-18-13(17)9-4-3-5-10-19-14-11(15)7-6-8-12(14)16/h6-8H,2-5,9-10,16H2,1H3. The van der Waals surface area contributed by atoms with E-state index in [-0.39, 0.29) is 5.97 Å². The summed E-state index contributed by atoms with van der Waals surface area (Å²) in [5.41, 5.74) is 6.44. The van der Waals surface area contributed by atoms with Gasteiger partial charge in [-0.15, -0.1) is 0 Å². The van der Waals surface area contributed by atoms with E-state index in [0.717, 1.165) is 23.7 Å². The molecule has 0 heterocycles. The first-order valence-electron chi connectivity index (χ1n) is 6.47. The van der Waals surface area contributed by atoms with Crippen LogP contribution in [0.3, 0.4) is 0 Å². The van der Waals surface area contributed by atoms with Crippen LogP contribution in [-0.4, -0.2) is 19.2 Å². The lowest BCUT2D eigenvalue weighted by Crippen LogP contribution is -2.04. The van der Waals surface area contributed by atoms with Gasteiger partial charge in [0.05, 0.1) is 23.4 Å². The summed E-state index contributed by atoms with van der Waals surface area (Å²) in [6.45, 7) is 2.85. The molecule has 4 nitrogen and oxygen atoms in total. The molecule has 1 aromatic carbocycles. The molecule has 0 aliphatic rings. The van der Waals surface area contributed by atoms with E-state index in [0.29, 0.717) is 31.1 Å². The number of nitrogens with two attached hydrogens (primary N) is 1. The number of carbonyl (C=O) groups excluding carboxylic acids is 1. The zero-order chi connectivity index (χ0) is 14.1. The maximum Gasteiger partial charge on any atom is 0.305 e. The Labute approximate surface area is 122 Å². The van der Waals surface area contributed by atoms with E-state index in [1.807, 2.05) is 19.1 Å². The molecule has 0 spiro atoms. The van der Waals surface area contributed by atoms with E-state index in [1.165, 1.54) is 0 Å². The van der Waals surface area contributed by atoms with Crippen LogP contribution in [0.1, 0.15) is 32.6 Å². The lowest BCUT2D eigenvalue weighted by molar-refractivity contribution is -0.143. The van der Waals surface area contributed by atoms with Crippen LogP contribution < -0.4 is 10.5 Å². The Morgan fingerprint density at radius 1 is 1.32 bits per heavy atom. The van der Waals surface area contributed by atoms with Crippen molar-refractivity contribution in [2.75, 3.05) is 18.9 Å². The molecule has 0 radical (unpaired) electrons. The minimum Gasteiger partial charge on any atom is -0.490 e. The van der Waals surface area contributed by atoms with Crippen LogP contribution in [0.15, 0.2) is 22.7 Å². The van der Waals surface area contributed by atoms with E-state index in [2.05, 4.69) is 15.9 Å². The van der Waals surface area contributed by atoms with E-state index in [1.54, 1.807) is 6.07 Å². The van der Waals surface area contributed by atoms with Crippen LogP contribution in [0.25, 0.3) is 0 Å². The SMILES string of the molecule is CCOC(=O)CCCCCOc1c(N)cccc1Br. The highest BCUT2D eigenvalue weighted by molar-refractivity contribution is 9.10. The minimum absolute atomic E-state index is 0.126. The Bertz CT molecular complexity index is 389. The number of esters is 1. The summed E-state index contributed by atoms with van der Waals surface area (Å²) in [5.74, 6) is 0.561.